The number of nitrogens with zero attached hydrogens (tertiary/aromatic N) is 1. The molecule has 0 fully saturated rings. The molecule has 0 atom stereocenters. The molecule has 96 valence electrons. The van der Waals surface area contributed by atoms with Gasteiger partial charge in [-0.25, -0.2) is 0 Å². The second kappa shape index (κ2) is 7.70. The van der Waals surface area contributed by atoms with Crippen molar-refractivity contribution in [3.8, 4) is 0 Å². The average Bonchev–Trinajstić information content (AvgIpc) is 2.14. The summed E-state index contributed by atoms with van der Waals surface area (Å²) < 4.78 is 0. The monoisotopic (exact) mass is 227 g/mol. The minimum absolute atomic E-state index is 0.223. The summed E-state index contributed by atoms with van der Waals surface area (Å²) in [6.45, 7) is 12.4. The molecule has 0 heterocycles. The fraction of sp³-hybridized carbons (Fsp3) is 0.929. The van der Waals surface area contributed by atoms with Crippen LogP contribution in [0.1, 0.15) is 66.7 Å². The first-order valence-corrected chi connectivity index (χ1v) is 6.62. The van der Waals surface area contributed by atoms with Gasteiger partial charge in [-0.2, -0.15) is 0 Å². The molecule has 0 radical (unpaired) electrons. The predicted molar refractivity (Wildman–Crippen MR) is 70.5 cm³/mol. The summed E-state index contributed by atoms with van der Waals surface area (Å²) in [5.41, 5.74) is 0.317. The maximum absolute atomic E-state index is 11.5. The van der Waals surface area contributed by atoms with Gasteiger partial charge in [0.15, 0.2) is 0 Å². The fourth-order valence-corrected chi connectivity index (χ4v) is 1.63. The molecule has 0 N–H and O–H groups in total. The smallest absolute Gasteiger partial charge is 0.219 e. The third-order valence-corrected chi connectivity index (χ3v) is 2.86. The van der Waals surface area contributed by atoms with Crippen LogP contribution in [0.15, 0.2) is 0 Å². The molecule has 0 aromatic carbocycles. The zero-order chi connectivity index (χ0) is 12.6. The maximum atomic E-state index is 11.5. The van der Waals surface area contributed by atoms with Crippen molar-refractivity contribution in [3.63, 3.8) is 0 Å². The van der Waals surface area contributed by atoms with Gasteiger partial charge in [0.25, 0.3) is 0 Å². The van der Waals surface area contributed by atoms with E-state index in [-0.39, 0.29) is 5.91 Å². The number of rotatable bonds is 7. The largest absolute Gasteiger partial charge is 0.343 e. The van der Waals surface area contributed by atoms with Crippen LogP contribution in [-0.4, -0.2) is 23.9 Å². The highest BCUT2D eigenvalue weighted by atomic mass is 16.2. The molecule has 0 aromatic rings. The molecule has 0 aromatic heterocycles. The van der Waals surface area contributed by atoms with Gasteiger partial charge in [-0.05, 0) is 18.3 Å². The van der Waals surface area contributed by atoms with Crippen molar-refractivity contribution in [1.82, 2.24) is 4.90 Å². The third kappa shape index (κ3) is 8.75. The molecule has 0 aliphatic rings. The standard InChI is InChI=1S/C14H29NO/c1-6-7-8-9-11-15(13(2)16)12-10-14(3,4)5/h6-12H2,1-5H3. The van der Waals surface area contributed by atoms with Crippen molar-refractivity contribution in [2.75, 3.05) is 13.1 Å². The van der Waals surface area contributed by atoms with E-state index in [2.05, 4.69) is 27.7 Å². The van der Waals surface area contributed by atoms with Crippen LogP contribution in [0, 0.1) is 5.41 Å². The Labute approximate surface area is 101 Å². The summed E-state index contributed by atoms with van der Waals surface area (Å²) in [5, 5.41) is 0. The van der Waals surface area contributed by atoms with E-state index in [0.717, 1.165) is 25.9 Å². The second-order valence-corrected chi connectivity index (χ2v) is 5.88. The van der Waals surface area contributed by atoms with Crippen LogP contribution >= 0.6 is 0 Å². The van der Waals surface area contributed by atoms with Crippen LogP contribution < -0.4 is 0 Å². The first-order valence-electron chi connectivity index (χ1n) is 6.62. The minimum Gasteiger partial charge on any atom is -0.343 e. The Bertz CT molecular complexity index is 193. The van der Waals surface area contributed by atoms with E-state index in [1.165, 1.54) is 19.3 Å². The molecule has 0 saturated heterocycles. The summed E-state index contributed by atoms with van der Waals surface area (Å²) in [4.78, 5) is 13.5. The van der Waals surface area contributed by atoms with Crippen molar-refractivity contribution >= 4 is 5.91 Å². The molecule has 2 nitrogen and oxygen atoms in total. The van der Waals surface area contributed by atoms with Gasteiger partial charge in [0.1, 0.15) is 0 Å². The Balaban J connectivity index is 3.85. The average molecular weight is 227 g/mol. The van der Waals surface area contributed by atoms with E-state index in [4.69, 9.17) is 0 Å². The zero-order valence-electron chi connectivity index (χ0n) is 11.8. The molecule has 16 heavy (non-hydrogen) atoms. The topological polar surface area (TPSA) is 20.3 Å². The summed E-state index contributed by atoms with van der Waals surface area (Å²) >= 11 is 0. The van der Waals surface area contributed by atoms with E-state index < -0.39 is 0 Å². The predicted octanol–water partition coefficient (Wildman–Crippen LogP) is 3.85. The normalized spacial score (nSPS) is 11.6. The Morgan fingerprint density at radius 2 is 1.69 bits per heavy atom. The molecular weight excluding hydrogens is 198 g/mol. The molecule has 0 aliphatic heterocycles. The molecule has 0 unspecified atom stereocenters. The van der Waals surface area contributed by atoms with Crippen molar-refractivity contribution in [2.24, 2.45) is 5.41 Å². The Morgan fingerprint density at radius 1 is 1.06 bits per heavy atom. The molecule has 2 heteroatoms. The lowest BCUT2D eigenvalue weighted by molar-refractivity contribution is -0.129. The zero-order valence-corrected chi connectivity index (χ0v) is 11.8. The summed E-state index contributed by atoms with van der Waals surface area (Å²) in [5.74, 6) is 0.223. The highest BCUT2D eigenvalue weighted by Crippen LogP contribution is 2.19. The van der Waals surface area contributed by atoms with Gasteiger partial charge < -0.3 is 4.90 Å². The quantitative estimate of drug-likeness (QED) is 0.605. The fourth-order valence-electron chi connectivity index (χ4n) is 1.63. The van der Waals surface area contributed by atoms with E-state index >= 15 is 0 Å². The van der Waals surface area contributed by atoms with Gasteiger partial charge in [0.2, 0.25) is 5.91 Å². The maximum Gasteiger partial charge on any atom is 0.219 e. The molecule has 0 saturated carbocycles. The molecule has 1 amide bonds. The van der Waals surface area contributed by atoms with Crippen molar-refractivity contribution < 1.29 is 4.79 Å². The van der Waals surface area contributed by atoms with E-state index in [0.29, 0.717) is 5.41 Å². The Kier molecular flexibility index (Phi) is 7.44. The second-order valence-electron chi connectivity index (χ2n) is 5.88. The van der Waals surface area contributed by atoms with Crippen LogP contribution in [0.25, 0.3) is 0 Å². The van der Waals surface area contributed by atoms with E-state index in [9.17, 15) is 4.79 Å². The highest BCUT2D eigenvalue weighted by Gasteiger charge is 2.14. The molecule has 0 rings (SSSR count). The van der Waals surface area contributed by atoms with Gasteiger partial charge >= 0.3 is 0 Å². The van der Waals surface area contributed by atoms with Crippen LogP contribution in [0.5, 0.6) is 0 Å². The lowest BCUT2D eigenvalue weighted by Gasteiger charge is -2.26. The van der Waals surface area contributed by atoms with Crippen LogP contribution in [0.3, 0.4) is 0 Å². The van der Waals surface area contributed by atoms with Crippen molar-refractivity contribution in [2.45, 2.75) is 66.7 Å². The summed E-state index contributed by atoms with van der Waals surface area (Å²) in [7, 11) is 0. The summed E-state index contributed by atoms with van der Waals surface area (Å²) in [6.07, 6.45) is 6.01. The SMILES string of the molecule is CCCCCCN(CCC(C)(C)C)C(C)=O. The molecule has 0 spiro atoms. The van der Waals surface area contributed by atoms with Gasteiger partial charge in [0.05, 0.1) is 0 Å². The number of carbonyl (C=O) groups is 1. The van der Waals surface area contributed by atoms with Crippen LogP contribution in [0.2, 0.25) is 0 Å². The minimum atomic E-state index is 0.223. The number of amides is 1. The Hall–Kier alpha value is -0.530. The van der Waals surface area contributed by atoms with E-state index in [1.54, 1.807) is 6.92 Å². The van der Waals surface area contributed by atoms with Crippen molar-refractivity contribution in [1.29, 1.82) is 0 Å². The number of hydrogen-bond acceptors (Lipinski definition) is 1. The first kappa shape index (κ1) is 15.5. The van der Waals surface area contributed by atoms with E-state index in [1.807, 2.05) is 4.90 Å². The Morgan fingerprint density at radius 3 is 2.12 bits per heavy atom. The summed E-state index contributed by atoms with van der Waals surface area (Å²) in [6, 6.07) is 0. The van der Waals surface area contributed by atoms with Gasteiger partial charge in [-0.3, -0.25) is 4.79 Å². The number of unbranched alkanes of at least 4 members (excludes halogenated alkanes) is 3. The van der Waals surface area contributed by atoms with Crippen LogP contribution in [-0.2, 0) is 4.79 Å². The lowest BCUT2D eigenvalue weighted by Crippen LogP contribution is -2.32. The third-order valence-electron chi connectivity index (χ3n) is 2.86. The van der Waals surface area contributed by atoms with Crippen LogP contribution in [0.4, 0.5) is 0 Å². The van der Waals surface area contributed by atoms with Crippen molar-refractivity contribution in [3.05, 3.63) is 0 Å². The van der Waals surface area contributed by atoms with Gasteiger partial charge in [0, 0.05) is 20.0 Å². The lowest BCUT2D eigenvalue weighted by atomic mass is 9.92. The number of hydrogen-bond donors (Lipinski definition) is 0. The molecular formula is C14H29NO. The van der Waals surface area contributed by atoms with Gasteiger partial charge in [-0.1, -0.05) is 47.0 Å². The molecule has 0 bridgehead atoms. The number of carbonyl (C=O) groups excluding carboxylic acids is 1. The molecule has 0 aliphatic carbocycles. The van der Waals surface area contributed by atoms with Gasteiger partial charge in [-0.15, -0.1) is 0 Å². The first-order chi connectivity index (χ1) is 7.37. The highest BCUT2D eigenvalue weighted by molar-refractivity contribution is 5.73.